The topological polar surface area (TPSA) is 53.4 Å². The summed E-state index contributed by atoms with van der Waals surface area (Å²) in [5.41, 5.74) is 0.541. The molecule has 1 saturated carbocycles. The molecule has 1 fully saturated rings. The lowest BCUT2D eigenvalue weighted by molar-refractivity contribution is 0.0728. The van der Waals surface area contributed by atoms with Crippen LogP contribution in [-0.2, 0) is 0 Å². The zero-order valence-corrected chi connectivity index (χ0v) is 13.4. The van der Waals surface area contributed by atoms with Crippen molar-refractivity contribution in [3.63, 3.8) is 0 Å². The summed E-state index contributed by atoms with van der Waals surface area (Å²) in [7, 11) is 1.68. The molecule has 0 bridgehead atoms. The van der Waals surface area contributed by atoms with Gasteiger partial charge in [-0.25, -0.2) is 13.8 Å². The van der Waals surface area contributed by atoms with Crippen molar-refractivity contribution in [2.24, 2.45) is 5.41 Å². The van der Waals surface area contributed by atoms with Crippen LogP contribution in [0.5, 0.6) is 0 Å². The van der Waals surface area contributed by atoms with Crippen molar-refractivity contribution >= 4 is 17.2 Å². The van der Waals surface area contributed by atoms with E-state index in [4.69, 9.17) is 0 Å². The molecule has 1 aromatic carbocycles. The van der Waals surface area contributed by atoms with Crippen LogP contribution in [0.1, 0.15) is 23.3 Å². The largest absolute Gasteiger partial charge is 0.396 e. The Labute approximate surface area is 136 Å². The number of amides is 1. The van der Waals surface area contributed by atoms with Gasteiger partial charge in [0.15, 0.2) is 11.6 Å². The lowest BCUT2D eigenvalue weighted by Gasteiger charge is -2.21. The van der Waals surface area contributed by atoms with Gasteiger partial charge in [-0.3, -0.25) is 4.79 Å². The van der Waals surface area contributed by atoms with Crippen molar-refractivity contribution in [3.05, 3.63) is 40.9 Å². The van der Waals surface area contributed by atoms with Gasteiger partial charge >= 0.3 is 0 Å². The molecule has 3 rings (SSSR count). The molecular formula is C16H16F2N2O2S. The third-order valence-electron chi connectivity index (χ3n) is 4.10. The van der Waals surface area contributed by atoms with Crippen LogP contribution in [0.3, 0.4) is 0 Å². The monoisotopic (exact) mass is 338 g/mol. The zero-order chi connectivity index (χ0) is 16.6. The van der Waals surface area contributed by atoms with E-state index >= 15 is 0 Å². The van der Waals surface area contributed by atoms with Crippen LogP contribution >= 0.6 is 11.3 Å². The van der Waals surface area contributed by atoms with Gasteiger partial charge in [-0.05, 0) is 31.0 Å². The normalized spacial score (nSPS) is 15.5. The maximum absolute atomic E-state index is 13.3. The molecule has 0 radical (unpaired) electrons. The van der Waals surface area contributed by atoms with Crippen molar-refractivity contribution in [1.29, 1.82) is 0 Å². The van der Waals surface area contributed by atoms with Crippen LogP contribution in [0.25, 0.3) is 10.6 Å². The van der Waals surface area contributed by atoms with Crippen molar-refractivity contribution in [1.82, 2.24) is 9.88 Å². The minimum absolute atomic E-state index is 0.0712. The van der Waals surface area contributed by atoms with Crippen molar-refractivity contribution < 1.29 is 18.7 Å². The number of halogens is 2. The Kier molecular flexibility index (Phi) is 4.16. The fourth-order valence-electron chi connectivity index (χ4n) is 2.45. The Balaban J connectivity index is 1.75. The molecule has 1 N–H and O–H groups in total. The SMILES string of the molecule is CN(CC1(CO)CC1)C(=O)c1csc(-c2ccc(F)c(F)c2)n1. The summed E-state index contributed by atoms with van der Waals surface area (Å²) in [5.74, 6) is -2.10. The second-order valence-electron chi connectivity index (χ2n) is 5.99. The lowest BCUT2D eigenvalue weighted by Crippen LogP contribution is -2.34. The molecule has 0 aliphatic heterocycles. The molecule has 1 amide bonds. The van der Waals surface area contributed by atoms with Gasteiger partial charge in [-0.1, -0.05) is 0 Å². The number of aliphatic hydroxyl groups is 1. The maximum atomic E-state index is 13.3. The summed E-state index contributed by atoms with van der Waals surface area (Å²) < 4.78 is 26.3. The molecule has 0 unspecified atom stereocenters. The molecule has 122 valence electrons. The first kappa shape index (κ1) is 16.0. The van der Waals surface area contributed by atoms with Gasteiger partial charge in [0.05, 0.1) is 6.61 Å². The first-order chi connectivity index (χ1) is 10.9. The average Bonchev–Trinajstić information content (AvgIpc) is 3.14. The third-order valence-corrected chi connectivity index (χ3v) is 4.99. The Morgan fingerprint density at radius 2 is 2.13 bits per heavy atom. The zero-order valence-electron chi connectivity index (χ0n) is 12.6. The molecule has 1 heterocycles. The minimum atomic E-state index is -0.943. The number of nitrogens with zero attached hydrogens (tertiary/aromatic N) is 2. The summed E-state index contributed by atoms with van der Waals surface area (Å²) in [5, 5.41) is 11.4. The quantitative estimate of drug-likeness (QED) is 0.912. The fourth-order valence-corrected chi connectivity index (χ4v) is 3.24. The highest BCUT2D eigenvalue weighted by atomic mass is 32.1. The summed E-state index contributed by atoms with van der Waals surface area (Å²) >= 11 is 1.21. The smallest absolute Gasteiger partial charge is 0.273 e. The number of hydrogen-bond donors (Lipinski definition) is 1. The highest BCUT2D eigenvalue weighted by Gasteiger charge is 2.43. The standard InChI is InChI=1S/C16H16F2N2O2S/c1-20(8-16(9-21)4-5-16)15(22)13-7-23-14(19-13)10-2-3-11(17)12(18)6-10/h2-3,6-7,21H,4-5,8-9H2,1H3. The number of rotatable bonds is 5. The van der Waals surface area contributed by atoms with Crippen LogP contribution in [-0.4, -0.2) is 41.1 Å². The van der Waals surface area contributed by atoms with E-state index in [1.54, 1.807) is 17.3 Å². The van der Waals surface area contributed by atoms with Gasteiger partial charge in [0.25, 0.3) is 5.91 Å². The molecular weight excluding hydrogens is 322 g/mol. The van der Waals surface area contributed by atoms with E-state index in [1.165, 1.54) is 17.4 Å². The van der Waals surface area contributed by atoms with Gasteiger partial charge in [0.2, 0.25) is 0 Å². The Hall–Kier alpha value is -1.86. The molecule has 1 aliphatic rings. The van der Waals surface area contributed by atoms with Crippen molar-refractivity contribution in [2.75, 3.05) is 20.2 Å². The van der Waals surface area contributed by atoms with E-state index in [9.17, 15) is 18.7 Å². The van der Waals surface area contributed by atoms with Gasteiger partial charge in [-0.15, -0.1) is 11.3 Å². The summed E-state index contributed by atoms with van der Waals surface area (Å²) in [6.07, 6.45) is 1.83. The van der Waals surface area contributed by atoms with E-state index in [0.29, 0.717) is 17.1 Å². The minimum Gasteiger partial charge on any atom is -0.396 e. The molecule has 4 nitrogen and oxygen atoms in total. The van der Waals surface area contributed by atoms with Crippen LogP contribution in [0, 0.1) is 17.0 Å². The van der Waals surface area contributed by atoms with Gasteiger partial charge in [0.1, 0.15) is 10.7 Å². The summed E-state index contributed by atoms with van der Waals surface area (Å²) in [4.78, 5) is 18.2. The molecule has 1 aliphatic carbocycles. The Morgan fingerprint density at radius 1 is 1.39 bits per heavy atom. The first-order valence-electron chi connectivity index (χ1n) is 7.21. The number of carbonyl (C=O) groups excluding carboxylic acids is 1. The summed E-state index contributed by atoms with van der Waals surface area (Å²) in [6, 6.07) is 3.54. The van der Waals surface area contributed by atoms with Crippen molar-refractivity contribution in [2.45, 2.75) is 12.8 Å². The lowest BCUT2D eigenvalue weighted by atomic mass is 10.1. The van der Waals surface area contributed by atoms with Crippen LogP contribution < -0.4 is 0 Å². The summed E-state index contributed by atoms with van der Waals surface area (Å²) in [6.45, 7) is 0.558. The fraction of sp³-hybridized carbons (Fsp3) is 0.375. The number of aromatic nitrogens is 1. The Morgan fingerprint density at radius 3 is 2.74 bits per heavy atom. The predicted octanol–water partition coefficient (Wildman–Crippen LogP) is 2.93. The maximum Gasteiger partial charge on any atom is 0.273 e. The number of benzene rings is 1. The number of carbonyl (C=O) groups is 1. The van der Waals surface area contributed by atoms with Gasteiger partial charge < -0.3 is 10.0 Å². The number of aliphatic hydroxyl groups excluding tert-OH is 1. The Bertz CT molecular complexity index is 743. The average molecular weight is 338 g/mol. The van der Waals surface area contributed by atoms with E-state index in [2.05, 4.69) is 4.98 Å². The highest BCUT2D eigenvalue weighted by Crippen LogP contribution is 2.45. The molecule has 23 heavy (non-hydrogen) atoms. The molecule has 0 saturated heterocycles. The molecule has 2 aromatic rings. The first-order valence-corrected chi connectivity index (χ1v) is 8.09. The predicted molar refractivity (Wildman–Crippen MR) is 83.2 cm³/mol. The third kappa shape index (κ3) is 3.25. The van der Waals surface area contributed by atoms with E-state index < -0.39 is 11.6 Å². The van der Waals surface area contributed by atoms with Crippen molar-refractivity contribution in [3.8, 4) is 10.6 Å². The molecule has 7 heteroatoms. The second-order valence-corrected chi connectivity index (χ2v) is 6.84. The van der Waals surface area contributed by atoms with Crippen LogP contribution in [0.4, 0.5) is 8.78 Å². The molecule has 0 atom stereocenters. The molecule has 1 aromatic heterocycles. The van der Waals surface area contributed by atoms with E-state index in [1.807, 2.05) is 0 Å². The van der Waals surface area contributed by atoms with E-state index in [-0.39, 0.29) is 23.6 Å². The molecule has 0 spiro atoms. The number of thiazole rings is 1. The van der Waals surface area contributed by atoms with Crippen LogP contribution in [0.15, 0.2) is 23.6 Å². The second kappa shape index (κ2) is 5.98. The van der Waals surface area contributed by atoms with Crippen LogP contribution in [0.2, 0.25) is 0 Å². The van der Waals surface area contributed by atoms with Gasteiger partial charge in [0, 0.05) is 30.0 Å². The number of hydrogen-bond acceptors (Lipinski definition) is 4. The van der Waals surface area contributed by atoms with Gasteiger partial charge in [-0.2, -0.15) is 0 Å². The highest BCUT2D eigenvalue weighted by molar-refractivity contribution is 7.13. The van der Waals surface area contributed by atoms with E-state index in [0.717, 1.165) is 25.0 Å².